The first-order chi connectivity index (χ1) is 11.8. The Labute approximate surface area is 147 Å². The van der Waals surface area contributed by atoms with Crippen LogP contribution >= 0.6 is 11.6 Å². The lowest BCUT2D eigenvalue weighted by Gasteiger charge is -2.38. The van der Waals surface area contributed by atoms with Crippen LogP contribution in [0.2, 0.25) is 5.02 Å². The van der Waals surface area contributed by atoms with Crippen LogP contribution in [0.4, 0.5) is 5.69 Å². The Morgan fingerprint density at radius 1 is 1.17 bits per heavy atom. The third-order valence-corrected chi connectivity index (χ3v) is 4.54. The smallest absolute Gasteiger partial charge is 0.193 e. The van der Waals surface area contributed by atoms with Crippen molar-refractivity contribution in [2.45, 2.75) is 6.42 Å². The third-order valence-electron chi connectivity index (χ3n) is 4.22. The Balaban J connectivity index is 1.50. The van der Waals surface area contributed by atoms with Crippen molar-refractivity contribution in [2.75, 3.05) is 44.7 Å². The van der Waals surface area contributed by atoms with E-state index in [1.54, 1.807) is 6.26 Å². The number of rotatable bonds is 4. The van der Waals surface area contributed by atoms with Gasteiger partial charge in [0, 0.05) is 46.2 Å². The molecule has 5 nitrogen and oxygen atoms in total. The van der Waals surface area contributed by atoms with Crippen molar-refractivity contribution in [3.63, 3.8) is 0 Å². The van der Waals surface area contributed by atoms with Gasteiger partial charge in [-0.15, -0.1) is 0 Å². The quantitative estimate of drug-likeness (QED) is 0.683. The first-order valence-corrected chi connectivity index (χ1v) is 8.63. The van der Waals surface area contributed by atoms with E-state index < -0.39 is 0 Å². The van der Waals surface area contributed by atoms with E-state index in [2.05, 4.69) is 26.2 Å². The van der Waals surface area contributed by atoms with Gasteiger partial charge in [-0.2, -0.15) is 0 Å². The predicted molar refractivity (Wildman–Crippen MR) is 99.0 cm³/mol. The number of aliphatic imine (C=N–C) groups is 1. The van der Waals surface area contributed by atoms with Gasteiger partial charge < -0.3 is 19.5 Å². The van der Waals surface area contributed by atoms with Crippen LogP contribution in [0.25, 0.3) is 0 Å². The van der Waals surface area contributed by atoms with Crippen LogP contribution in [0.1, 0.15) is 5.76 Å². The summed E-state index contributed by atoms with van der Waals surface area (Å²) in [4.78, 5) is 9.02. The van der Waals surface area contributed by atoms with Crippen molar-refractivity contribution >= 4 is 23.2 Å². The average Bonchev–Trinajstić information content (AvgIpc) is 3.13. The summed E-state index contributed by atoms with van der Waals surface area (Å²) >= 11 is 6.30. The number of hydrogen-bond acceptors (Lipinski definition) is 3. The number of nitrogens with zero attached hydrogens (tertiary/aromatic N) is 3. The number of para-hydroxylation sites is 1. The molecule has 0 amide bonds. The lowest BCUT2D eigenvalue weighted by atomic mass is 10.2. The molecular weight excluding hydrogens is 324 g/mol. The van der Waals surface area contributed by atoms with Gasteiger partial charge in [0.1, 0.15) is 5.76 Å². The molecule has 1 aliphatic heterocycles. The van der Waals surface area contributed by atoms with Gasteiger partial charge in [-0.1, -0.05) is 23.7 Å². The summed E-state index contributed by atoms with van der Waals surface area (Å²) in [5.74, 6) is 1.93. The van der Waals surface area contributed by atoms with E-state index in [-0.39, 0.29) is 0 Å². The van der Waals surface area contributed by atoms with Crippen LogP contribution in [0.5, 0.6) is 0 Å². The number of hydrogen-bond donors (Lipinski definition) is 1. The number of furan rings is 1. The standard InChI is InChI=1S/C18H23ClN4O/c1-20-18(21-9-8-15-5-4-14-24-15)23-12-10-22(11-13-23)17-7-3-2-6-16(17)19/h2-7,14H,8-13H2,1H3,(H,20,21). The molecule has 0 spiro atoms. The molecule has 0 radical (unpaired) electrons. The van der Waals surface area contributed by atoms with E-state index in [9.17, 15) is 0 Å². The van der Waals surface area contributed by atoms with E-state index in [0.717, 1.165) is 61.6 Å². The lowest BCUT2D eigenvalue weighted by Crippen LogP contribution is -2.52. The molecule has 1 fully saturated rings. The molecule has 1 N–H and O–H groups in total. The normalized spacial score (nSPS) is 15.7. The molecule has 1 aromatic carbocycles. The Hall–Kier alpha value is -2.14. The SMILES string of the molecule is CN=C(NCCc1ccco1)N1CCN(c2ccccc2Cl)CC1. The Kier molecular flexibility index (Phi) is 5.64. The molecule has 0 saturated carbocycles. The van der Waals surface area contributed by atoms with Gasteiger partial charge in [-0.05, 0) is 24.3 Å². The van der Waals surface area contributed by atoms with Crippen LogP contribution in [-0.2, 0) is 6.42 Å². The molecule has 2 heterocycles. The van der Waals surface area contributed by atoms with E-state index in [1.807, 2.05) is 37.4 Å². The number of benzene rings is 1. The molecule has 0 aliphatic carbocycles. The molecule has 1 saturated heterocycles. The van der Waals surface area contributed by atoms with Crippen molar-refractivity contribution in [3.8, 4) is 0 Å². The van der Waals surface area contributed by atoms with E-state index in [1.165, 1.54) is 0 Å². The van der Waals surface area contributed by atoms with Crippen LogP contribution in [-0.4, -0.2) is 50.6 Å². The van der Waals surface area contributed by atoms with Gasteiger partial charge in [0.25, 0.3) is 0 Å². The van der Waals surface area contributed by atoms with Gasteiger partial charge >= 0.3 is 0 Å². The maximum absolute atomic E-state index is 6.30. The molecule has 128 valence electrons. The highest BCUT2D eigenvalue weighted by molar-refractivity contribution is 6.33. The van der Waals surface area contributed by atoms with E-state index in [4.69, 9.17) is 16.0 Å². The van der Waals surface area contributed by atoms with Crippen LogP contribution in [0.3, 0.4) is 0 Å². The minimum atomic E-state index is 0.810. The number of halogens is 1. The highest BCUT2D eigenvalue weighted by Crippen LogP contribution is 2.25. The van der Waals surface area contributed by atoms with Crippen molar-refractivity contribution in [2.24, 2.45) is 4.99 Å². The zero-order valence-electron chi connectivity index (χ0n) is 13.9. The number of piperazine rings is 1. The van der Waals surface area contributed by atoms with Gasteiger partial charge in [-0.3, -0.25) is 4.99 Å². The number of guanidine groups is 1. The molecule has 0 bridgehead atoms. The maximum Gasteiger partial charge on any atom is 0.193 e. The molecule has 2 aromatic rings. The van der Waals surface area contributed by atoms with Gasteiger partial charge in [0.15, 0.2) is 5.96 Å². The van der Waals surface area contributed by atoms with E-state index in [0.29, 0.717) is 0 Å². The molecule has 1 aromatic heterocycles. The van der Waals surface area contributed by atoms with Crippen molar-refractivity contribution in [3.05, 3.63) is 53.4 Å². The highest BCUT2D eigenvalue weighted by atomic mass is 35.5. The summed E-state index contributed by atoms with van der Waals surface area (Å²) in [5, 5.41) is 4.23. The molecule has 1 aliphatic rings. The van der Waals surface area contributed by atoms with Crippen molar-refractivity contribution in [1.29, 1.82) is 0 Å². The summed E-state index contributed by atoms with van der Waals surface area (Å²) in [5.41, 5.74) is 1.11. The number of anilines is 1. The Morgan fingerprint density at radius 2 is 1.96 bits per heavy atom. The maximum atomic E-state index is 6.30. The first kappa shape index (κ1) is 16.7. The molecule has 24 heavy (non-hydrogen) atoms. The monoisotopic (exact) mass is 346 g/mol. The summed E-state index contributed by atoms with van der Waals surface area (Å²) < 4.78 is 5.36. The van der Waals surface area contributed by atoms with Crippen LogP contribution in [0.15, 0.2) is 52.1 Å². The zero-order valence-corrected chi connectivity index (χ0v) is 14.7. The summed E-state index contributed by atoms with van der Waals surface area (Å²) in [6, 6.07) is 11.9. The summed E-state index contributed by atoms with van der Waals surface area (Å²) in [6.07, 6.45) is 2.56. The minimum absolute atomic E-state index is 0.810. The lowest BCUT2D eigenvalue weighted by molar-refractivity contribution is 0.372. The van der Waals surface area contributed by atoms with E-state index >= 15 is 0 Å². The topological polar surface area (TPSA) is 44.0 Å². The first-order valence-electron chi connectivity index (χ1n) is 8.25. The van der Waals surface area contributed by atoms with Gasteiger partial charge in [-0.25, -0.2) is 0 Å². The fraction of sp³-hybridized carbons (Fsp3) is 0.389. The second-order valence-electron chi connectivity index (χ2n) is 5.73. The Morgan fingerprint density at radius 3 is 2.62 bits per heavy atom. The fourth-order valence-corrected chi connectivity index (χ4v) is 3.21. The van der Waals surface area contributed by atoms with Crippen molar-refractivity contribution in [1.82, 2.24) is 10.2 Å². The second-order valence-corrected chi connectivity index (χ2v) is 6.14. The molecule has 3 rings (SSSR count). The second kappa shape index (κ2) is 8.11. The van der Waals surface area contributed by atoms with Crippen molar-refractivity contribution < 1.29 is 4.42 Å². The fourth-order valence-electron chi connectivity index (χ4n) is 2.95. The molecular formula is C18H23ClN4O. The largest absolute Gasteiger partial charge is 0.469 e. The zero-order chi connectivity index (χ0) is 16.8. The summed E-state index contributed by atoms with van der Waals surface area (Å²) in [6.45, 7) is 4.52. The minimum Gasteiger partial charge on any atom is -0.469 e. The highest BCUT2D eigenvalue weighted by Gasteiger charge is 2.20. The average molecular weight is 347 g/mol. The predicted octanol–water partition coefficient (Wildman–Crippen LogP) is 2.87. The van der Waals surface area contributed by atoms with Crippen LogP contribution in [0, 0.1) is 0 Å². The van der Waals surface area contributed by atoms with Gasteiger partial charge in [0.05, 0.1) is 17.0 Å². The molecule has 6 heteroatoms. The summed E-state index contributed by atoms with van der Waals surface area (Å²) in [7, 11) is 1.83. The number of nitrogens with one attached hydrogen (secondary N) is 1. The Bertz CT molecular complexity index is 663. The van der Waals surface area contributed by atoms with Gasteiger partial charge in [0.2, 0.25) is 0 Å². The third kappa shape index (κ3) is 4.03. The van der Waals surface area contributed by atoms with Crippen LogP contribution < -0.4 is 10.2 Å². The molecule has 0 unspecified atom stereocenters. The molecule has 0 atom stereocenters.